The highest BCUT2D eigenvalue weighted by Gasteiger charge is 2.42. The molecule has 1 aliphatic heterocycles. The molecule has 0 bridgehead atoms. The van der Waals surface area contributed by atoms with Crippen LogP contribution in [0.15, 0.2) is 0 Å². The van der Waals surface area contributed by atoms with Gasteiger partial charge in [-0.05, 0) is 12.8 Å². The summed E-state index contributed by atoms with van der Waals surface area (Å²) in [6.07, 6.45) is 0.0507. The zero-order chi connectivity index (χ0) is 13.6. The zero-order valence-electron chi connectivity index (χ0n) is 9.94. The van der Waals surface area contributed by atoms with Gasteiger partial charge in [0.15, 0.2) is 0 Å². The van der Waals surface area contributed by atoms with Crippen LogP contribution in [-0.4, -0.2) is 43.4 Å². The Morgan fingerprint density at radius 1 is 1.33 bits per heavy atom. The van der Waals surface area contributed by atoms with Gasteiger partial charge in [-0.25, -0.2) is 4.79 Å². The van der Waals surface area contributed by atoms with Crippen molar-refractivity contribution in [3.8, 4) is 0 Å². The van der Waals surface area contributed by atoms with E-state index in [0.29, 0.717) is 26.1 Å². The molecule has 102 valence electrons. The summed E-state index contributed by atoms with van der Waals surface area (Å²) in [5.74, 6) is -0.258. The number of rotatable bonds is 5. The van der Waals surface area contributed by atoms with E-state index in [1.807, 2.05) is 0 Å². The van der Waals surface area contributed by atoms with Crippen molar-refractivity contribution < 1.29 is 19.1 Å². The number of ether oxygens (including phenoxy) is 2. The molecule has 8 heteroatoms. The fourth-order valence-corrected chi connectivity index (χ4v) is 2.09. The average molecular weight is 275 g/mol. The lowest BCUT2D eigenvalue weighted by Crippen LogP contribution is -2.52. The minimum atomic E-state index is -0.876. The maximum Gasteiger partial charge on any atom is 0.404 e. The molecule has 1 heterocycles. The van der Waals surface area contributed by atoms with Crippen molar-refractivity contribution in [2.45, 2.75) is 12.8 Å². The molecule has 1 aliphatic rings. The second-order valence-corrected chi connectivity index (χ2v) is 4.42. The molecule has 1 saturated heterocycles. The summed E-state index contributed by atoms with van der Waals surface area (Å²) >= 11 is 4.98. The highest BCUT2D eigenvalue weighted by molar-refractivity contribution is 7.80. The molecule has 0 atom stereocenters. The fraction of sp³-hybridized carbons (Fsp3) is 0.700. The van der Waals surface area contributed by atoms with Crippen molar-refractivity contribution in [3.05, 3.63) is 0 Å². The van der Waals surface area contributed by atoms with Crippen LogP contribution in [0.5, 0.6) is 0 Å². The third kappa shape index (κ3) is 3.54. The third-order valence-electron chi connectivity index (χ3n) is 2.88. The second-order valence-electron chi connectivity index (χ2n) is 3.98. The Kier molecular flexibility index (Phi) is 5.29. The quantitative estimate of drug-likeness (QED) is 0.450. The van der Waals surface area contributed by atoms with E-state index in [1.54, 1.807) is 0 Å². The van der Waals surface area contributed by atoms with E-state index in [1.165, 1.54) is 0 Å². The van der Waals surface area contributed by atoms with Gasteiger partial charge in [0.05, 0.1) is 11.5 Å². The lowest BCUT2D eigenvalue weighted by molar-refractivity contribution is -0.131. The lowest BCUT2D eigenvalue weighted by atomic mass is 9.79. The Morgan fingerprint density at radius 2 is 1.94 bits per heavy atom. The summed E-state index contributed by atoms with van der Waals surface area (Å²) in [6, 6.07) is 0. The van der Waals surface area contributed by atoms with Gasteiger partial charge in [0.25, 0.3) is 0 Å². The van der Waals surface area contributed by atoms with Gasteiger partial charge in [-0.2, -0.15) is 0 Å². The van der Waals surface area contributed by atoms with Crippen LogP contribution in [0.3, 0.4) is 0 Å². The molecule has 0 saturated carbocycles. The number of hydrogen-bond acceptors (Lipinski definition) is 5. The Labute approximate surface area is 110 Å². The summed E-state index contributed by atoms with van der Waals surface area (Å²) in [5, 5.41) is 2.64. The summed E-state index contributed by atoms with van der Waals surface area (Å²) < 4.78 is 9.71. The molecular weight excluding hydrogens is 258 g/mol. The lowest BCUT2D eigenvalue weighted by Gasteiger charge is -2.34. The zero-order valence-corrected chi connectivity index (χ0v) is 10.8. The molecule has 2 amide bonds. The van der Waals surface area contributed by atoms with E-state index in [-0.39, 0.29) is 24.0 Å². The number of nitrogens with two attached hydrogens (primary N) is 2. The molecule has 0 aromatic rings. The van der Waals surface area contributed by atoms with E-state index in [2.05, 4.69) is 10.1 Å². The Bertz CT molecular complexity index is 342. The highest BCUT2D eigenvalue weighted by atomic mass is 32.1. The van der Waals surface area contributed by atoms with E-state index >= 15 is 0 Å². The molecule has 18 heavy (non-hydrogen) atoms. The molecule has 7 nitrogen and oxygen atoms in total. The smallest absolute Gasteiger partial charge is 0.404 e. The first-order valence-corrected chi connectivity index (χ1v) is 5.98. The van der Waals surface area contributed by atoms with Gasteiger partial charge in [-0.3, -0.25) is 4.79 Å². The van der Waals surface area contributed by atoms with E-state index < -0.39 is 11.5 Å². The van der Waals surface area contributed by atoms with E-state index in [4.69, 9.17) is 28.4 Å². The first-order chi connectivity index (χ1) is 8.49. The number of thiocarbonyl (C=S) groups is 1. The molecule has 1 rings (SSSR count). The first kappa shape index (κ1) is 14.7. The van der Waals surface area contributed by atoms with Crippen molar-refractivity contribution in [3.63, 3.8) is 0 Å². The van der Waals surface area contributed by atoms with Crippen LogP contribution in [-0.2, 0) is 14.3 Å². The van der Waals surface area contributed by atoms with Crippen LogP contribution in [0, 0.1) is 5.41 Å². The largest absolute Gasteiger partial charge is 0.448 e. The van der Waals surface area contributed by atoms with Crippen molar-refractivity contribution in [2.75, 3.05) is 26.4 Å². The number of primary amides is 1. The number of amides is 2. The van der Waals surface area contributed by atoms with Crippen LogP contribution in [0.4, 0.5) is 4.79 Å². The molecule has 0 radical (unpaired) electrons. The molecule has 1 fully saturated rings. The van der Waals surface area contributed by atoms with Crippen molar-refractivity contribution >= 4 is 29.2 Å². The maximum atomic E-state index is 12.1. The number of hydrogen-bond donors (Lipinski definition) is 3. The van der Waals surface area contributed by atoms with E-state index in [0.717, 1.165) is 0 Å². The molecule has 0 aromatic carbocycles. The Balaban J connectivity index is 2.50. The van der Waals surface area contributed by atoms with Crippen LogP contribution in [0.25, 0.3) is 0 Å². The van der Waals surface area contributed by atoms with Gasteiger partial charge >= 0.3 is 6.09 Å². The van der Waals surface area contributed by atoms with Crippen molar-refractivity contribution in [1.29, 1.82) is 0 Å². The Hall–Kier alpha value is -1.41. The van der Waals surface area contributed by atoms with Gasteiger partial charge in [-0.15, -0.1) is 0 Å². The third-order valence-corrected chi connectivity index (χ3v) is 3.28. The summed E-state index contributed by atoms with van der Waals surface area (Å²) in [5.41, 5.74) is 9.60. The van der Waals surface area contributed by atoms with Crippen molar-refractivity contribution in [2.24, 2.45) is 16.9 Å². The van der Waals surface area contributed by atoms with Gasteiger partial charge in [0.1, 0.15) is 12.0 Å². The highest BCUT2D eigenvalue weighted by Crippen LogP contribution is 2.31. The first-order valence-electron chi connectivity index (χ1n) is 5.57. The predicted octanol–water partition coefficient (Wildman–Crippen LogP) is -0.719. The average Bonchev–Trinajstić information content (AvgIpc) is 2.34. The number of carbonyl (C=O) groups is 2. The van der Waals surface area contributed by atoms with Gasteiger partial charge in [0, 0.05) is 13.2 Å². The summed E-state index contributed by atoms with van der Waals surface area (Å²) in [4.78, 5) is 22.6. The van der Waals surface area contributed by atoms with Crippen molar-refractivity contribution in [1.82, 2.24) is 5.32 Å². The van der Waals surface area contributed by atoms with Gasteiger partial charge in [-0.1, -0.05) is 12.2 Å². The SMILES string of the molecule is NC(=O)OCCNC(=O)C1(C(N)=S)CCOCC1. The van der Waals surface area contributed by atoms with Crippen LogP contribution >= 0.6 is 12.2 Å². The summed E-state index contributed by atoms with van der Waals surface area (Å²) in [7, 11) is 0. The topological polar surface area (TPSA) is 117 Å². The standard InChI is InChI=1S/C10H17N3O4S/c11-7(18)10(1-4-16-5-2-10)8(14)13-3-6-17-9(12)15/h1-6H2,(H2,11,18)(H2,12,15)(H,13,14). The number of nitrogens with one attached hydrogen (secondary N) is 1. The van der Waals surface area contributed by atoms with Crippen LogP contribution < -0.4 is 16.8 Å². The summed E-state index contributed by atoms with van der Waals surface area (Å²) in [6.45, 7) is 1.09. The van der Waals surface area contributed by atoms with Gasteiger partial charge < -0.3 is 26.3 Å². The predicted molar refractivity (Wildman–Crippen MR) is 67.8 cm³/mol. The Morgan fingerprint density at radius 3 is 2.44 bits per heavy atom. The normalized spacial score (nSPS) is 17.8. The fourth-order valence-electron chi connectivity index (χ4n) is 1.79. The maximum absolute atomic E-state index is 12.1. The molecule has 0 aromatic heterocycles. The van der Waals surface area contributed by atoms with Gasteiger partial charge in [0.2, 0.25) is 5.91 Å². The molecule has 0 aliphatic carbocycles. The minimum Gasteiger partial charge on any atom is -0.448 e. The molecule has 0 spiro atoms. The minimum absolute atomic E-state index is 0.0188. The monoisotopic (exact) mass is 275 g/mol. The molecular formula is C10H17N3O4S. The van der Waals surface area contributed by atoms with Crippen LogP contribution in [0.2, 0.25) is 0 Å². The van der Waals surface area contributed by atoms with Crippen LogP contribution in [0.1, 0.15) is 12.8 Å². The molecule has 5 N–H and O–H groups in total. The molecule has 0 unspecified atom stereocenters. The number of carbonyl (C=O) groups excluding carboxylic acids is 2. The van der Waals surface area contributed by atoms with E-state index in [9.17, 15) is 9.59 Å². The second kappa shape index (κ2) is 6.50.